The van der Waals surface area contributed by atoms with Crippen LogP contribution in [0.2, 0.25) is 0 Å². The number of aromatic nitrogens is 1. The molecule has 26 heavy (non-hydrogen) atoms. The Morgan fingerprint density at radius 2 is 1.77 bits per heavy atom. The van der Waals surface area contributed by atoms with Gasteiger partial charge in [-0.25, -0.2) is 18.6 Å². The summed E-state index contributed by atoms with van der Waals surface area (Å²) in [5.74, 6) is -1.15. The lowest BCUT2D eigenvalue weighted by molar-refractivity contribution is 0.0463. The number of carbonyl (C=O) groups is 1. The van der Waals surface area contributed by atoms with Crippen molar-refractivity contribution in [2.24, 2.45) is 0 Å². The molecule has 0 aliphatic carbocycles. The molecule has 0 unspecified atom stereocenters. The normalized spacial score (nSPS) is 14.2. The number of amides is 2. The van der Waals surface area contributed by atoms with Crippen molar-refractivity contribution in [2.75, 3.05) is 18.4 Å². The second-order valence-corrected chi connectivity index (χ2v) is 6.01. The number of nitrogens with zero attached hydrogens (tertiary/aromatic N) is 2. The molecule has 2 aromatic carbocycles. The largest absolute Gasteiger partial charge is 0.471 e. The van der Waals surface area contributed by atoms with Gasteiger partial charge in [0.2, 0.25) is 5.88 Å². The number of ether oxygens (including phenoxy) is 1. The minimum atomic E-state index is -0.813. The second-order valence-electron chi connectivity index (χ2n) is 6.01. The lowest BCUT2D eigenvalue weighted by Gasteiger charge is -2.38. The van der Waals surface area contributed by atoms with Crippen molar-refractivity contribution in [1.29, 1.82) is 0 Å². The summed E-state index contributed by atoms with van der Waals surface area (Å²) in [4.78, 5) is 17.9. The van der Waals surface area contributed by atoms with Gasteiger partial charge in [0.1, 0.15) is 23.4 Å². The zero-order valence-electron chi connectivity index (χ0n) is 13.7. The molecule has 0 spiro atoms. The zero-order chi connectivity index (χ0) is 18.1. The summed E-state index contributed by atoms with van der Waals surface area (Å²) < 4.78 is 32.9. The number of anilines is 1. The van der Waals surface area contributed by atoms with E-state index in [2.05, 4.69) is 10.3 Å². The van der Waals surface area contributed by atoms with Crippen LogP contribution in [0.3, 0.4) is 0 Å². The van der Waals surface area contributed by atoms with E-state index in [4.69, 9.17) is 4.74 Å². The third kappa shape index (κ3) is 3.15. The van der Waals surface area contributed by atoms with Crippen LogP contribution in [0, 0.1) is 11.6 Å². The van der Waals surface area contributed by atoms with Crippen molar-refractivity contribution in [3.8, 4) is 5.88 Å². The average molecular weight is 355 g/mol. The monoisotopic (exact) mass is 355 g/mol. The first-order valence-corrected chi connectivity index (χ1v) is 8.12. The third-order valence-electron chi connectivity index (χ3n) is 4.19. The number of halogens is 2. The molecule has 1 fully saturated rings. The lowest BCUT2D eigenvalue weighted by atomic mass is 10.2. The van der Waals surface area contributed by atoms with Gasteiger partial charge in [-0.05, 0) is 24.3 Å². The van der Waals surface area contributed by atoms with E-state index in [0.29, 0.717) is 19.0 Å². The van der Waals surface area contributed by atoms with Gasteiger partial charge in [0.15, 0.2) is 0 Å². The van der Waals surface area contributed by atoms with Crippen molar-refractivity contribution >= 4 is 22.6 Å². The van der Waals surface area contributed by atoms with Crippen LogP contribution in [-0.2, 0) is 0 Å². The van der Waals surface area contributed by atoms with Gasteiger partial charge in [0, 0.05) is 11.5 Å². The number of rotatable bonds is 3. The minimum absolute atomic E-state index is 0.208. The van der Waals surface area contributed by atoms with Crippen molar-refractivity contribution in [3.63, 3.8) is 0 Å². The topological polar surface area (TPSA) is 54.5 Å². The van der Waals surface area contributed by atoms with Crippen LogP contribution in [-0.4, -0.2) is 35.1 Å². The molecule has 0 bridgehead atoms. The third-order valence-corrected chi connectivity index (χ3v) is 4.19. The SMILES string of the molecule is O=C(Nc1c(F)cccc1F)N1CC(Oc2ccc3ccccc3n2)C1. The highest BCUT2D eigenvalue weighted by atomic mass is 19.1. The Morgan fingerprint density at radius 3 is 2.54 bits per heavy atom. The number of nitrogens with one attached hydrogen (secondary N) is 1. The van der Waals surface area contributed by atoms with E-state index < -0.39 is 23.4 Å². The van der Waals surface area contributed by atoms with Gasteiger partial charge in [0.05, 0.1) is 18.6 Å². The van der Waals surface area contributed by atoms with Gasteiger partial charge in [-0.2, -0.15) is 0 Å². The molecule has 4 rings (SSSR count). The Kier molecular flexibility index (Phi) is 4.12. The fraction of sp³-hybridized carbons (Fsp3) is 0.158. The van der Waals surface area contributed by atoms with Crippen molar-refractivity contribution in [2.45, 2.75) is 6.10 Å². The van der Waals surface area contributed by atoms with Crippen LogP contribution < -0.4 is 10.1 Å². The summed E-state index contributed by atoms with van der Waals surface area (Å²) in [5, 5.41) is 3.27. The maximum absolute atomic E-state index is 13.6. The summed E-state index contributed by atoms with van der Waals surface area (Å²) in [7, 11) is 0. The standard InChI is InChI=1S/C19H15F2N3O2/c20-14-5-3-6-15(21)18(14)23-19(25)24-10-13(11-24)26-17-9-8-12-4-1-2-7-16(12)22-17/h1-9,13H,10-11H2,(H,23,25). The molecular weight excluding hydrogens is 340 g/mol. The highest BCUT2D eigenvalue weighted by Gasteiger charge is 2.33. The molecule has 1 aliphatic rings. The number of carbonyl (C=O) groups excluding carboxylic acids is 1. The maximum Gasteiger partial charge on any atom is 0.322 e. The molecule has 2 amide bonds. The van der Waals surface area contributed by atoms with E-state index in [1.165, 1.54) is 11.0 Å². The maximum atomic E-state index is 13.6. The van der Waals surface area contributed by atoms with Gasteiger partial charge in [-0.3, -0.25) is 0 Å². The Balaban J connectivity index is 1.35. The zero-order valence-corrected chi connectivity index (χ0v) is 13.7. The van der Waals surface area contributed by atoms with E-state index in [1.807, 2.05) is 30.3 Å². The lowest BCUT2D eigenvalue weighted by Crippen LogP contribution is -2.57. The van der Waals surface area contributed by atoms with E-state index >= 15 is 0 Å². The fourth-order valence-corrected chi connectivity index (χ4v) is 2.77. The van der Waals surface area contributed by atoms with Gasteiger partial charge in [0.25, 0.3) is 0 Å². The second kappa shape index (κ2) is 6.59. The van der Waals surface area contributed by atoms with Gasteiger partial charge >= 0.3 is 6.03 Å². The number of likely N-dealkylation sites (tertiary alicyclic amines) is 1. The number of para-hydroxylation sites is 2. The highest BCUT2D eigenvalue weighted by molar-refractivity contribution is 5.90. The van der Waals surface area contributed by atoms with Crippen LogP contribution in [0.5, 0.6) is 5.88 Å². The summed E-state index contributed by atoms with van der Waals surface area (Å²) in [5.41, 5.74) is 0.381. The van der Waals surface area contributed by atoms with Gasteiger partial charge < -0.3 is 15.0 Å². The summed E-state index contributed by atoms with van der Waals surface area (Å²) in [6.45, 7) is 0.632. The van der Waals surface area contributed by atoms with E-state index in [0.717, 1.165) is 23.0 Å². The number of benzene rings is 2. The first-order chi connectivity index (χ1) is 12.6. The van der Waals surface area contributed by atoms with Crippen LogP contribution >= 0.6 is 0 Å². The molecule has 3 aromatic rings. The van der Waals surface area contributed by atoms with Crippen LogP contribution in [0.4, 0.5) is 19.3 Å². The Bertz CT molecular complexity index is 954. The first-order valence-electron chi connectivity index (χ1n) is 8.12. The van der Waals surface area contributed by atoms with Crippen molar-refractivity contribution < 1.29 is 18.3 Å². The Labute approximate surface area is 148 Å². The van der Waals surface area contributed by atoms with E-state index in [1.54, 1.807) is 6.07 Å². The summed E-state index contributed by atoms with van der Waals surface area (Å²) >= 11 is 0. The number of fused-ring (bicyclic) bond motifs is 1. The molecule has 1 aromatic heterocycles. The van der Waals surface area contributed by atoms with E-state index in [-0.39, 0.29) is 6.10 Å². The van der Waals surface area contributed by atoms with Crippen LogP contribution in [0.15, 0.2) is 54.6 Å². The molecule has 1 saturated heterocycles. The van der Waals surface area contributed by atoms with Crippen LogP contribution in [0.25, 0.3) is 10.9 Å². The fourth-order valence-electron chi connectivity index (χ4n) is 2.77. The summed E-state index contributed by atoms with van der Waals surface area (Å²) in [6, 6.07) is 14.2. The molecule has 0 atom stereocenters. The number of hydrogen-bond acceptors (Lipinski definition) is 3. The quantitative estimate of drug-likeness (QED) is 0.777. The predicted molar refractivity (Wildman–Crippen MR) is 93.1 cm³/mol. The van der Waals surface area contributed by atoms with Crippen molar-refractivity contribution in [1.82, 2.24) is 9.88 Å². The number of pyridine rings is 1. The molecule has 132 valence electrons. The van der Waals surface area contributed by atoms with E-state index in [9.17, 15) is 13.6 Å². The molecule has 0 radical (unpaired) electrons. The number of hydrogen-bond donors (Lipinski definition) is 1. The molecule has 5 nitrogen and oxygen atoms in total. The smallest absolute Gasteiger partial charge is 0.322 e. The average Bonchev–Trinajstić information content (AvgIpc) is 2.60. The van der Waals surface area contributed by atoms with Gasteiger partial charge in [-0.15, -0.1) is 0 Å². The molecule has 1 aliphatic heterocycles. The van der Waals surface area contributed by atoms with Crippen molar-refractivity contribution in [3.05, 3.63) is 66.2 Å². The molecule has 1 N–H and O–H groups in total. The first kappa shape index (κ1) is 16.3. The predicted octanol–water partition coefficient (Wildman–Crippen LogP) is 3.81. The molecule has 7 heteroatoms. The molecular formula is C19H15F2N3O2. The minimum Gasteiger partial charge on any atom is -0.471 e. The summed E-state index contributed by atoms with van der Waals surface area (Å²) in [6.07, 6.45) is -0.208. The Hall–Kier alpha value is -3.22. The molecule has 0 saturated carbocycles. The van der Waals surface area contributed by atoms with Crippen LogP contribution in [0.1, 0.15) is 0 Å². The highest BCUT2D eigenvalue weighted by Crippen LogP contribution is 2.22. The number of urea groups is 1. The van der Waals surface area contributed by atoms with Gasteiger partial charge in [-0.1, -0.05) is 24.3 Å². The Morgan fingerprint density at radius 1 is 1.04 bits per heavy atom. The molecule has 2 heterocycles.